The molecule has 0 spiro atoms. The maximum absolute atomic E-state index is 12.9. The molecule has 0 aliphatic carbocycles. The molecule has 0 atom stereocenters. The SMILES string of the molecule is COc1ccc(NC(=O)C(C#N)=Cc2cn(-c3ccccc3)nc2-c2cccs2)cc1OC. The molecule has 2 aromatic heterocycles. The Hall–Kier alpha value is -4.35. The molecule has 4 aromatic rings. The Morgan fingerprint density at radius 3 is 2.55 bits per heavy atom. The van der Waals surface area contributed by atoms with Crippen molar-refractivity contribution in [3.8, 4) is 33.8 Å². The Morgan fingerprint density at radius 1 is 1.09 bits per heavy atom. The zero-order valence-corrected chi connectivity index (χ0v) is 18.8. The molecule has 1 N–H and O–H groups in total. The number of nitrogens with one attached hydrogen (secondary N) is 1. The average molecular weight is 457 g/mol. The third-order valence-corrected chi connectivity index (χ3v) is 5.70. The van der Waals surface area contributed by atoms with Crippen LogP contribution in [0.25, 0.3) is 22.3 Å². The smallest absolute Gasteiger partial charge is 0.266 e. The van der Waals surface area contributed by atoms with Gasteiger partial charge in [-0.05, 0) is 41.8 Å². The second kappa shape index (κ2) is 9.85. The Labute approximate surface area is 195 Å². The number of nitrogens with zero attached hydrogens (tertiary/aromatic N) is 3. The number of nitriles is 1. The molecule has 0 bridgehead atoms. The first-order valence-electron chi connectivity index (χ1n) is 9.97. The normalized spacial score (nSPS) is 11.0. The number of aromatic nitrogens is 2. The van der Waals surface area contributed by atoms with Gasteiger partial charge in [0.15, 0.2) is 11.5 Å². The van der Waals surface area contributed by atoms with E-state index >= 15 is 0 Å². The van der Waals surface area contributed by atoms with Gasteiger partial charge in [0.05, 0.1) is 24.8 Å². The first-order valence-corrected chi connectivity index (χ1v) is 10.8. The van der Waals surface area contributed by atoms with Crippen LogP contribution in [0.4, 0.5) is 5.69 Å². The first kappa shape index (κ1) is 21.9. The monoisotopic (exact) mass is 456 g/mol. The topological polar surface area (TPSA) is 89.2 Å². The molecule has 0 aliphatic heterocycles. The summed E-state index contributed by atoms with van der Waals surface area (Å²) in [5, 5.41) is 19.1. The van der Waals surface area contributed by atoms with Gasteiger partial charge in [-0.15, -0.1) is 11.3 Å². The van der Waals surface area contributed by atoms with E-state index in [-0.39, 0.29) is 5.57 Å². The van der Waals surface area contributed by atoms with E-state index in [4.69, 9.17) is 14.6 Å². The molecule has 33 heavy (non-hydrogen) atoms. The Morgan fingerprint density at radius 2 is 1.88 bits per heavy atom. The summed E-state index contributed by atoms with van der Waals surface area (Å²) in [6.45, 7) is 0. The van der Waals surface area contributed by atoms with Crippen molar-refractivity contribution in [1.82, 2.24) is 9.78 Å². The summed E-state index contributed by atoms with van der Waals surface area (Å²) in [7, 11) is 3.05. The number of hydrogen-bond donors (Lipinski definition) is 1. The third kappa shape index (κ3) is 4.79. The van der Waals surface area contributed by atoms with Crippen LogP contribution in [0.1, 0.15) is 5.56 Å². The van der Waals surface area contributed by atoms with E-state index in [0.29, 0.717) is 28.4 Å². The molecule has 0 unspecified atom stereocenters. The highest BCUT2D eigenvalue weighted by molar-refractivity contribution is 7.13. The number of rotatable bonds is 7. The molecule has 2 heterocycles. The highest BCUT2D eigenvalue weighted by Crippen LogP contribution is 2.31. The van der Waals surface area contributed by atoms with Gasteiger partial charge in [0.2, 0.25) is 0 Å². The van der Waals surface area contributed by atoms with E-state index in [9.17, 15) is 10.1 Å². The lowest BCUT2D eigenvalue weighted by molar-refractivity contribution is -0.112. The number of ether oxygens (including phenoxy) is 2. The average Bonchev–Trinajstić information content (AvgIpc) is 3.53. The fourth-order valence-electron chi connectivity index (χ4n) is 3.23. The molecule has 0 radical (unpaired) electrons. The van der Waals surface area contributed by atoms with E-state index in [0.717, 1.165) is 10.6 Å². The van der Waals surface area contributed by atoms with Gasteiger partial charge in [0, 0.05) is 23.5 Å². The number of anilines is 1. The van der Waals surface area contributed by atoms with E-state index < -0.39 is 5.91 Å². The lowest BCUT2D eigenvalue weighted by Gasteiger charge is -2.10. The minimum atomic E-state index is -0.533. The van der Waals surface area contributed by atoms with Crippen LogP contribution < -0.4 is 14.8 Å². The van der Waals surface area contributed by atoms with Gasteiger partial charge in [-0.1, -0.05) is 24.3 Å². The Balaban J connectivity index is 1.68. The zero-order valence-electron chi connectivity index (χ0n) is 18.0. The molecule has 7 nitrogen and oxygen atoms in total. The number of para-hydroxylation sites is 1. The Bertz CT molecular complexity index is 1340. The predicted molar refractivity (Wildman–Crippen MR) is 129 cm³/mol. The standard InChI is InChI=1S/C25H20N4O3S/c1-31-21-11-10-19(14-22(21)32-2)27-25(30)17(15-26)13-18-16-29(20-7-4-3-5-8-20)28-24(18)23-9-6-12-33-23/h3-14,16H,1-2H3,(H,27,30). The maximum Gasteiger partial charge on any atom is 0.266 e. The van der Waals surface area contributed by atoms with Crippen LogP contribution in [0.5, 0.6) is 11.5 Å². The molecule has 0 saturated heterocycles. The summed E-state index contributed by atoms with van der Waals surface area (Å²) >= 11 is 1.54. The number of methoxy groups -OCH3 is 2. The molecular weight excluding hydrogens is 436 g/mol. The second-order valence-corrected chi connectivity index (χ2v) is 7.83. The molecule has 0 aliphatic rings. The van der Waals surface area contributed by atoms with Crippen molar-refractivity contribution in [2.45, 2.75) is 0 Å². The van der Waals surface area contributed by atoms with Crippen LogP contribution >= 0.6 is 11.3 Å². The maximum atomic E-state index is 12.9. The summed E-state index contributed by atoms with van der Waals surface area (Å²) < 4.78 is 12.2. The summed E-state index contributed by atoms with van der Waals surface area (Å²) in [4.78, 5) is 13.8. The van der Waals surface area contributed by atoms with E-state index in [2.05, 4.69) is 5.32 Å². The molecule has 2 aromatic carbocycles. The molecule has 0 saturated carbocycles. The minimum absolute atomic E-state index is 0.0461. The van der Waals surface area contributed by atoms with Gasteiger partial charge in [-0.2, -0.15) is 10.4 Å². The van der Waals surface area contributed by atoms with Crippen molar-refractivity contribution in [3.63, 3.8) is 0 Å². The van der Waals surface area contributed by atoms with Crippen LogP contribution in [-0.4, -0.2) is 29.9 Å². The highest BCUT2D eigenvalue weighted by Gasteiger charge is 2.16. The number of thiophene rings is 1. The van der Waals surface area contributed by atoms with Gasteiger partial charge >= 0.3 is 0 Å². The predicted octanol–water partition coefficient (Wildman–Crippen LogP) is 5.16. The van der Waals surface area contributed by atoms with Crippen LogP contribution in [0.3, 0.4) is 0 Å². The summed E-state index contributed by atoms with van der Waals surface area (Å²) in [5.41, 5.74) is 2.68. The molecular formula is C25H20N4O3S. The molecule has 8 heteroatoms. The van der Waals surface area contributed by atoms with Crippen LogP contribution in [0, 0.1) is 11.3 Å². The minimum Gasteiger partial charge on any atom is -0.493 e. The number of hydrogen-bond acceptors (Lipinski definition) is 6. The van der Waals surface area contributed by atoms with Crippen LogP contribution in [0.2, 0.25) is 0 Å². The molecule has 1 amide bonds. The fraction of sp³-hybridized carbons (Fsp3) is 0.0800. The molecule has 164 valence electrons. The lowest BCUT2D eigenvalue weighted by atomic mass is 10.1. The number of amides is 1. The summed E-state index contributed by atoms with van der Waals surface area (Å²) in [5.74, 6) is 0.483. The third-order valence-electron chi connectivity index (χ3n) is 4.82. The number of carbonyl (C=O) groups excluding carboxylic acids is 1. The largest absolute Gasteiger partial charge is 0.493 e. The van der Waals surface area contributed by atoms with Crippen molar-refractivity contribution in [2.24, 2.45) is 0 Å². The van der Waals surface area contributed by atoms with Crippen molar-refractivity contribution in [1.29, 1.82) is 5.26 Å². The molecule has 0 fully saturated rings. The first-order chi connectivity index (χ1) is 16.1. The number of benzene rings is 2. The van der Waals surface area contributed by atoms with Gasteiger partial charge in [0.25, 0.3) is 5.91 Å². The zero-order chi connectivity index (χ0) is 23.2. The van der Waals surface area contributed by atoms with Gasteiger partial charge in [0.1, 0.15) is 17.3 Å². The summed E-state index contributed by atoms with van der Waals surface area (Å²) in [6, 6.07) is 20.5. The Kier molecular flexibility index (Phi) is 6.53. The van der Waals surface area contributed by atoms with Crippen molar-refractivity contribution < 1.29 is 14.3 Å². The van der Waals surface area contributed by atoms with Crippen LogP contribution in [-0.2, 0) is 4.79 Å². The molecule has 4 rings (SSSR count). The number of carbonyl (C=O) groups is 1. The van der Waals surface area contributed by atoms with Crippen molar-refractivity contribution in [3.05, 3.63) is 83.4 Å². The summed E-state index contributed by atoms with van der Waals surface area (Å²) in [6.07, 6.45) is 3.36. The van der Waals surface area contributed by atoms with Crippen molar-refractivity contribution in [2.75, 3.05) is 19.5 Å². The van der Waals surface area contributed by atoms with E-state index in [1.54, 1.807) is 29.0 Å². The van der Waals surface area contributed by atoms with Gasteiger partial charge < -0.3 is 14.8 Å². The van der Waals surface area contributed by atoms with Gasteiger partial charge in [-0.25, -0.2) is 4.68 Å². The quantitative estimate of drug-likeness (QED) is 0.306. The fourth-order valence-corrected chi connectivity index (χ4v) is 3.96. The van der Waals surface area contributed by atoms with Gasteiger partial charge in [-0.3, -0.25) is 4.79 Å². The second-order valence-electron chi connectivity index (χ2n) is 6.88. The van der Waals surface area contributed by atoms with E-state index in [1.807, 2.05) is 60.1 Å². The van der Waals surface area contributed by atoms with Crippen LogP contribution in [0.15, 0.2) is 77.8 Å². The lowest BCUT2D eigenvalue weighted by Crippen LogP contribution is -2.13. The van der Waals surface area contributed by atoms with E-state index in [1.165, 1.54) is 25.6 Å². The highest BCUT2D eigenvalue weighted by atomic mass is 32.1. The van der Waals surface area contributed by atoms with Crippen molar-refractivity contribution >= 4 is 29.0 Å².